The lowest BCUT2D eigenvalue weighted by Crippen LogP contribution is -2.54. The highest BCUT2D eigenvalue weighted by Gasteiger charge is 2.45. The summed E-state index contributed by atoms with van der Waals surface area (Å²) in [5.74, 6) is 0.00747. The second-order valence-electron chi connectivity index (χ2n) is 8.66. The number of carboxylic acid groups (broad SMARTS) is 1. The summed E-state index contributed by atoms with van der Waals surface area (Å²) < 4.78 is 5.31. The van der Waals surface area contributed by atoms with Gasteiger partial charge in [0.2, 0.25) is 5.91 Å². The molecule has 166 valence electrons. The molecule has 4 rings (SSSR count). The molecule has 1 aliphatic carbocycles. The normalized spacial score (nSPS) is 19.8. The van der Waals surface area contributed by atoms with E-state index in [1.165, 1.54) is 4.90 Å². The van der Waals surface area contributed by atoms with Crippen molar-refractivity contribution >= 4 is 22.8 Å². The van der Waals surface area contributed by atoms with E-state index in [-0.39, 0.29) is 5.91 Å². The number of nitrogens with zero attached hydrogens (tertiary/aromatic N) is 2. The van der Waals surface area contributed by atoms with E-state index in [1.54, 1.807) is 12.0 Å². The van der Waals surface area contributed by atoms with Crippen molar-refractivity contribution < 1.29 is 24.5 Å². The number of fused-ring (bicyclic) bond motifs is 1. The fraction of sp³-hybridized carbons (Fsp3) is 0.500. The Labute approximate surface area is 182 Å². The van der Waals surface area contributed by atoms with E-state index in [2.05, 4.69) is 0 Å². The van der Waals surface area contributed by atoms with Crippen LogP contribution in [-0.4, -0.2) is 70.9 Å². The Morgan fingerprint density at radius 3 is 2.19 bits per heavy atom. The minimum atomic E-state index is -1.08. The van der Waals surface area contributed by atoms with E-state index < -0.39 is 17.6 Å². The van der Waals surface area contributed by atoms with Crippen LogP contribution in [0, 0.1) is 0 Å². The first-order chi connectivity index (χ1) is 14.9. The van der Waals surface area contributed by atoms with Gasteiger partial charge in [0.15, 0.2) is 0 Å². The van der Waals surface area contributed by atoms with Crippen molar-refractivity contribution in [2.24, 2.45) is 0 Å². The van der Waals surface area contributed by atoms with Crippen molar-refractivity contribution in [2.75, 3.05) is 33.3 Å². The number of benzene rings is 2. The zero-order chi connectivity index (χ0) is 22.0. The van der Waals surface area contributed by atoms with Gasteiger partial charge in [0.25, 0.3) is 0 Å². The fourth-order valence-electron chi connectivity index (χ4n) is 4.98. The Bertz CT molecular complexity index is 962. The largest absolute Gasteiger partial charge is 0.497 e. The second-order valence-corrected chi connectivity index (χ2v) is 8.66. The van der Waals surface area contributed by atoms with E-state index in [0.717, 1.165) is 41.3 Å². The minimum absolute atomic E-state index is 0.109. The monoisotopic (exact) mass is 426 g/mol. The molecule has 2 amide bonds. The Morgan fingerprint density at radius 2 is 1.55 bits per heavy atom. The van der Waals surface area contributed by atoms with Crippen molar-refractivity contribution in [1.29, 1.82) is 0 Å². The summed E-state index contributed by atoms with van der Waals surface area (Å²) >= 11 is 0. The topological polar surface area (TPSA) is 90.3 Å². The molecule has 2 aliphatic rings. The van der Waals surface area contributed by atoms with Gasteiger partial charge in [-0.1, -0.05) is 43.5 Å². The molecule has 1 unspecified atom stereocenters. The lowest BCUT2D eigenvalue weighted by molar-refractivity contribution is -0.143. The molecular weight excluding hydrogens is 396 g/mol. The van der Waals surface area contributed by atoms with Gasteiger partial charge in [-0.05, 0) is 41.3 Å². The molecule has 31 heavy (non-hydrogen) atoms. The zero-order valence-electron chi connectivity index (χ0n) is 17.9. The quantitative estimate of drug-likeness (QED) is 0.782. The maximum atomic E-state index is 13.7. The van der Waals surface area contributed by atoms with E-state index in [1.807, 2.05) is 36.4 Å². The molecule has 0 aromatic heterocycles. The molecule has 2 aromatic rings. The third kappa shape index (κ3) is 4.32. The van der Waals surface area contributed by atoms with Crippen LogP contribution in [0.1, 0.15) is 43.6 Å². The van der Waals surface area contributed by atoms with Gasteiger partial charge in [-0.15, -0.1) is 0 Å². The lowest BCUT2D eigenvalue weighted by Gasteiger charge is -2.42. The van der Waals surface area contributed by atoms with E-state index in [0.29, 0.717) is 39.0 Å². The number of ether oxygens (including phenoxy) is 1. The molecule has 2 aromatic carbocycles. The zero-order valence-corrected chi connectivity index (χ0v) is 17.9. The molecule has 1 saturated carbocycles. The molecule has 0 spiro atoms. The van der Waals surface area contributed by atoms with Crippen molar-refractivity contribution in [3.05, 3.63) is 42.0 Å². The Kier molecular flexibility index (Phi) is 6.05. The third-order valence-electron chi connectivity index (χ3n) is 6.77. The van der Waals surface area contributed by atoms with E-state index in [9.17, 15) is 19.8 Å². The molecule has 1 aliphatic heterocycles. The van der Waals surface area contributed by atoms with Crippen LogP contribution >= 0.6 is 0 Å². The number of carbonyl (C=O) groups is 2. The highest BCUT2D eigenvalue weighted by Crippen LogP contribution is 2.42. The number of hydrogen-bond donors (Lipinski definition) is 2. The summed E-state index contributed by atoms with van der Waals surface area (Å²) in [5, 5.41) is 22.8. The van der Waals surface area contributed by atoms with Gasteiger partial charge >= 0.3 is 6.09 Å². The van der Waals surface area contributed by atoms with Crippen LogP contribution in [0.5, 0.6) is 5.75 Å². The highest BCUT2D eigenvalue weighted by molar-refractivity contribution is 5.89. The summed E-state index contributed by atoms with van der Waals surface area (Å²) in [6.07, 6.45) is 3.10. The van der Waals surface area contributed by atoms with Gasteiger partial charge in [0.1, 0.15) is 5.75 Å². The number of methoxy groups -OCH3 is 1. The summed E-state index contributed by atoms with van der Waals surface area (Å²) in [4.78, 5) is 28.0. The smallest absolute Gasteiger partial charge is 0.407 e. The number of piperazine rings is 1. The van der Waals surface area contributed by atoms with Gasteiger partial charge in [0.05, 0.1) is 18.6 Å². The van der Waals surface area contributed by atoms with Crippen LogP contribution in [0.25, 0.3) is 10.8 Å². The number of carbonyl (C=O) groups excluding carboxylic acids is 1. The minimum Gasteiger partial charge on any atom is -0.497 e. The van der Waals surface area contributed by atoms with Crippen LogP contribution in [0.15, 0.2) is 36.4 Å². The van der Waals surface area contributed by atoms with Crippen molar-refractivity contribution in [3.63, 3.8) is 0 Å². The standard InChI is InChI=1S/C24H30N2O5/c1-31-20-8-7-17-15-19(6-5-18(17)16-20)21(24(30)9-3-2-4-10-24)22(27)25-11-13-26(14-12-25)23(28)29/h5-8,15-16,21,30H,2-4,9-14H2,1H3,(H,28,29). The summed E-state index contributed by atoms with van der Waals surface area (Å²) in [6, 6.07) is 11.7. The van der Waals surface area contributed by atoms with Crippen LogP contribution in [0.2, 0.25) is 0 Å². The SMILES string of the molecule is COc1ccc2cc(C(C(=O)N3CCN(C(=O)O)CC3)C3(O)CCCCC3)ccc2c1. The first kappa shape index (κ1) is 21.4. The van der Waals surface area contributed by atoms with Crippen molar-refractivity contribution in [1.82, 2.24) is 9.80 Å². The molecular formula is C24H30N2O5. The first-order valence-corrected chi connectivity index (χ1v) is 11.0. The number of hydrogen-bond acceptors (Lipinski definition) is 4. The highest BCUT2D eigenvalue weighted by atomic mass is 16.5. The van der Waals surface area contributed by atoms with Gasteiger partial charge in [0, 0.05) is 26.2 Å². The molecule has 2 fully saturated rings. The number of aliphatic hydroxyl groups is 1. The van der Waals surface area contributed by atoms with Crippen molar-refractivity contribution in [2.45, 2.75) is 43.6 Å². The Balaban J connectivity index is 1.67. The molecule has 0 radical (unpaired) electrons. The molecule has 0 bridgehead atoms. The molecule has 1 heterocycles. The summed E-state index contributed by atoms with van der Waals surface area (Å²) in [6.45, 7) is 1.29. The predicted octanol–water partition coefficient (Wildman–Crippen LogP) is 3.45. The van der Waals surface area contributed by atoms with Crippen molar-refractivity contribution in [3.8, 4) is 5.75 Å². The molecule has 1 atom stereocenters. The summed E-state index contributed by atoms with van der Waals surface area (Å²) in [7, 11) is 1.63. The predicted molar refractivity (Wildman–Crippen MR) is 117 cm³/mol. The number of amides is 2. The fourth-order valence-corrected chi connectivity index (χ4v) is 4.98. The van der Waals surface area contributed by atoms with E-state index in [4.69, 9.17) is 4.74 Å². The van der Waals surface area contributed by atoms with E-state index >= 15 is 0 Å². The van der Waals surface area contributed by atoms with Crippen LogP contribution in [0.3, 0.4) is 0 Å². The Hall–Kier alpha value is -2.80. The average molecular weight is 427 g/mol. The maximum absolute atomic E-state index is 13.7. The van der Waals surface area contributed by atoms with Crippen LogP contribution in [-0.2, 0) is 4.79 Å². The maximum Gasteiger partial charge on any atom is 0.407 e. The van der Waals surface area contributed by atoms with Gasteiger partial charge in [-0.3, -0.25) is 4.79 Å². The van der Waals surface area contributed by atoms with Gasteiger partial charge < -0.3 is 24.7 Å². The second kappa shape index (κ2) is 8.75. The Morgan fingerprint density at radius 1 is 0.935 bits per heavy atom. The average Bonchev–Trinajstić information content (AvgIpc) is 2.79. The van der Waals surface area contributed by atoms with Crippen LogP contribution in [0.4, 0.5) is 4.79 Å². The molecule has 7 heteroatoms. The number of rotatable bonds is 4. The lowest BCUT2D eigenvalue weighted by atomic mass is 9.72. The van der Waals surface area contributed by atoms with Gasteiger partial charge in [-0.2, -0.15) is 0 Å². The van der Waals surface area contributed by atoms with Crippen LogP contribution < -0.4 is 4.74 Å². The summed E-state index contributed by atoms with van der Waals surface area (Å²) in [5.41, 5.74) is -0.271. The molecule has 1 saturated heterocycles. The third-order valence-corrected chi connectivity index (χ3v) is 6.77. The molecule has 7 nitrogen and oxygen atoms in total. The van der Waals surface area contributed by atoms with Gasteiger partial charge in [-0.25, -0.2) is 4.79 Å². The molecule has 2 N–H and O–H groups in total. The first-order valence-electron chi connectivity index (χ1n) is 11.0.